The largest absolute Gasteiger partial charge is 0.418 e. The fourth-order valence-corrected chi connectivity index (χ4v) is 1.71. The number of halogens is 3. The first-order valence-corrected chi connectivity index (χ1v) is 6.25. The number of likely N-dealkylation sites (N-methyl/N-ethyl adjacent to an activating group) is 2. The average molecular weight is 304 g/mol. The highest BCUT2D eigenvalue weighted by Crippen LogP contribution is 2.35. The maximum atomic E-state index is 12.9. The lowest BCUT2D eigenvalue weighted by molar-refractivity contribution is -0.137. The molecule has 1 aromatic carbocycles. The summed E-state index contributed by atoms with van der Waals surface area (Å²) in [5, 5.41) is 0. The number of nitrogens with zero attached hydrogens (tertiary/aromatic N) is 2. The number of carbonyl (C=O) groups excluding carboxylic acids is 1. The lowest BCUT2D eigenvalue weighted by atomic mass is 10.1. The minimum Gasteiger partial charge on any atom is -0.340 e. The van der Waals surface area contributed by atoms with Crippen LogP contribution in [0.4, 0.5) is 18.9 Å². The lowest BCUT2D eigenvalue weighted by Gasteiger charge is -2.21. The summed E-state index contributed by atoms with van der Waals surface area (Å²) in [4.78, 5) is 15.4. The summed E-state index contributed by atoms with van der Waals surface area (Å²) in [7, 11) is 5.25. The summed E-state index contributed by atoms with van der Waals surface area (Å²) < 4.78 is 38.7. The van der Waals surface area contributed by atoms with Gasteiger partial charge >= 0.3 is 6.18 Å². The first-order valence-electron chi connectivity index (χ1n) is 6.25. The zero-order chi connectivity index (χ0) is 16.2. The maximum Gasteiger partial charge on any atom is 0.418 e. The molecule has 0 heterocycles. The number of hydrogen-bond donors (Lipinski definition) is 2. The highest BCUT2D eigenvalue weighted by Gasteiger charge is 2.34. The molecule has 118 valence electrons. The van der Waals surface area contributed by atoms with Gasteiger partial charge < -0.3 is 15.2 Å². The van der Waals surface area contributed by atoms with Crippen LogP contribution < -0.4 is 11.3 Å². The Labute approximate surface area is 121 Å². The third-order valence-electron chi connectivity index (χ3n) is 2.96. The number of nitrogens with one attached hydrogen (secondary N) is 1. The van der Waals surface area contributed by atoms with E-state index in [1.165, 1.54) is 11.0 Å². The van der Waals surface area contributed by atoms with Crippen LogP contribution in [0.15, 0.2) is 18.2 Å². The van der Waals surface area contributed by atoms with Crippen molar-refractivity contribution < 1.29 is 18.0 Å². The molecule has 0 aliphatic carbocycles. The van der Waals surface area contributed by atoms with Crippen LogP contribution in [0.25, 0.3) is 0 Å². The van der Waals surface area contributed by atoms with E-state index in [9.17, 15) is 18.0 Å². The quantitative estimate of drug-likeness (QED) is 0.641. The Balaban J connectivity index is 3.01. The molecule has 0 aromatic heterocycles. The third kappa shape index (κ3) is 4.61. The molecule has 1 aromatic rings. The van der Waals surface area contributed by atoms with E-state index >= 15 is 0 Å². The van der Waals surface area contributed by atoms with E-state index in [-0.39, 0.29) is 11.3 Å². The maximum absolute atomic E-state index is 12.9. The van der Waals surface area contributed by atoms with Crippen LogP contribution in [0.5, 0.6) is 0 Å². The number of hydrazine groups is 1. The molecule has 0 saturated carbocycles. The Bertz CT molecular complexity index is 503. The number of rotatable bonds is 5. The topological polar surface area (TPSA) is 61.6 Å². The van der Waals surface area contributed by atoms with Crippen LogP contribution in [0.2, 0.25) is 0 Å². The molecule has 0 aliphatic rings. The van der Waals surface area contributed by atoms with E-state index in [1.54, 1.807) is 7.05 Å². The van der Waals surface area contributed by atoms with Crippen molar-refractivity contribution in [2.75, 3.05) is 39.7 Å². The van der Waals surface area contributed by atoms with Crippen LogP contribution in [0.1, 0.15) is 15.9 Å². The predicted octanol–water partition coefficient (Wildman–Crippen LogP) is 1.62. The molecule has 0 spiro atoms. The molecule has 0 fully saturated rings. The van der Waals surface area contributed by atoms with Gasteiger partial charge in [-0.2, -0.15) is 13.2 Å². The number of nitrogens with two attached hydrogens (primary N) is 1. The van der Waals surface area contributed by atoms with Crippen LogP contribution >= 0.6 is 0 Å². The monoisotopic (exact) mass is 304 g/mol. The number of anilines is 1. The number of amides is 1. The van der Waals surface area contributed by atoms with Gasteiger partial charge in [-0.05, 0) is 32.3 Å². The minimum absolute atomic E-state index is 0.0254. The second kappa shape index (κ2) is 6.77. The van der Waals surface area contributed by atoms with Crippen molar-refractivity contribution >= 4 is 11.6 Å². The standard InChI is InChI=1S/C13H19F3N4O/c1-19(2)6-7-20(3)12(21)9-4-5-11(18-17)10(8-9)13(14,15)16/h4-5,8,18H,6-7,17H2,1-3H3. The fourth-order valence-electron chi connectivity index (χ4n) is 1.71. The van der Waals surface area contributed by atoms with Crippen molar-refractivity contribution in [2.24, 2.45) is 5.84 Å². The van der Waals surface area contributed by atoms with Crippen LogP contribution in [0.3, 0.4) is 0 Å². The van der Waals surface area contributed by atoms with E-state index in [0.717, 1.165) is 12.1 Å². The van der Waals surface area contributed by atoms with Gasteiger partial charge in [-0.1, -0.05) is 0 Å². The molecular formula is C13H19F3N4O. The van der Waals surface area contributed by atoms with Crippen molar-refractivity contribution in [1.29, 1.82) is 0 Å². The molecule has 0 saturated heterocycles. The summed E-state index contributed by atoms with van der Waals surface area (Å²) in [5.41, 5.74) is 0.731. The SMILES string of the molecule is CN(C)CCN(C)C(=O)c1ccc(NN)c(C(F)(F)F)c1. The van der Waals surface area contributed by atoms with Crippen molar-refractivity contribution in [2.45, 2.75) is 6.18 Å². The van der Waals surface area contributed by atoms with Crippen molar-refractivity contribution in [3.63, 3.8) is 0 Å². The lowest BCUT2D eigenvalue weighted by Crippen LogP contribution is -2.33. The van der Waals surface area contributed by atoms with E-state index in [2.05, 4.69) is 0 Å². The molecule has 0 bridgehead atoms. The average Bonchev–Trinajstić information content (AvgIpc) is 2.42. The Morgan fingerprint density at radius 1 is 1.24 bits per heavy atom. The third-order valence-corrected chi connectivity index (χ3v) is 2.96. The molecule has 1 amide bonds. The predicted molar refractivity (Wildman–Crippen MR) is 74.8 cm³/mol. The molecule has 0 atom stereocenters. The van der Waals surface area contributed by atoms with Gasteiger partial charge in [0, 0.05) is 25.7 Å². The van der Waals surface area contributed by atoms with Crippen LogP contribution in [-0.4, -0.2) is 49.9 Å². The Morgan fingerprint density at radius 3 is 2.33 bits per heavy atom. The van der Waals surface area contributed by atoms with Gasteiger partial charge in [0.25, 0.3) is 5.91 Å². The van der Waals surface area contributed by atoms with Crippen molar-refractivity contribution in [3.8, 4) is 0 Å². The fraction of sp³-hybridized carbons (Fsp3) is 0.462. The first kappa shape index (κ1) is 17.3. The number of carbonyl (C=O) groups is 1. The molecule has 0 aliphatic heterocycles. The summed E-state index contributed by atoms with van der Waals surface area (Å²) in [6.07, 6.45) is -4.58. The molecule has 8 heteroatoms. The smallest absolute Gasteiger partial charge is 0.340 e. The molecule has 5 nitrogen and oxygen atoms in total. The molecular weight excluding hydrogens is 285 g/mol. The normalized spacial score (nSPS) is 11.6. The van der Waals surface area contributed by atoms with E-state index in [1.807, 2.05) is 24.4 Å². The van der Waals surface area contributed by atoms with E-state index < -0.39 is 17.6 Å². The Morgan fingerprint density at radius 2 is 1.86 bits per heavy atom. The Kier molecular flexibility index (Phi) is 5.56. The number of benzene rings is 1. The van der Waals surface area contributed by atoms with Gasteiger partial charge in [-0.3, -0.25) is 10.6 Å². The van der Waals surface area contributed by atoms with Crippen LogP contribution in [-0.2, 0) is 6.18 Å². The number of alkyl halides is 3. The van der Waals surface area contributed by atoms with Crippen molar-refractivity contribution in [1.82, 2.24) is 9.80 Å². The second-order valence-electron chi connectivity index (χ2n) is 4.93. The zero-order valence-corrected chi connectivity index (χ0v) is 12.2. The van der Waals surface area contributed by atoms with Gasteiger partial charge in [-0.15, -0.1) is 0 Å². The van der Waals surface area contributed by atoms with Gasteiger partial charge in [0.05, 0.1) is 11.3 Å². The van der Waals surface area contributed by atoms with Crippen molar-refractivity contribution in [3.05, 3.63) is 29.3 Å². The Hall–Kier alpha value is -1.80. The summed E-state index contributed by atoms with van der Waals surface area (Å²) in [6, 6.07) is 3.28. The van der Waals surface area contributed by atoms with Gasteiger partial charge in [0.1, 0.15) is 0 Å². The molecule has 1 rings (SSSR count). The van der Waals surface area contributed by atoms with Gasteiger partial charge in [0.15, 0.2) is 0 Å². The minimum atomic E-state index is -4.58. The highest BCUT2D eigenvalue weighted by molar-refractivity contribution is 5.94. The molecule has 3 N–H and O–H groups in total. The molecule has 21 heavy (non-hydrogen) atoms. The summed E-state index contributed by atoms with van der Waals surface area (Å²) in [5.74, 6) is 4.60. The zero-order valence-electron chi connectivity index (χ0n) is 12.2. The number of nitrogen functional groups attached to an aromatic ring is 1. The van der Waals surface area contributed by atoms with Crippen LogP contribution in [0, 0.1) is 0 Å². The van der Waals surface area contributed by atoms with E-state index in [4.69, 9.17) is 5.84 Å². The summed E-state index contributed by atoms with van der Waals surface area (Å²) in [6.45, 7) is 1.04. The number of hydrogen-bond acceptors (Lipinski definition) is 4. The molecule has 0 radical (unpaired) electrons. The molecule has 0 unspecified atom stereocenters. The second-order valence-corrected chi connectivity index (χ2v) is 4.93. The highest BCUT2D eigenvalue weighted by atomic mass is 19.4. The first-order chi connectivity index (χ1) is 9.66. The van der Waals surface area contributed by atoms with Gasteiger partial charge in [-0.25, -0.2) is 0 Å². The van der Waals surface area contributed by atoms with E-state index in [0.29, 0.717) is 13.1 Å². The summed E-state index contributed by atoms with van der Waals surface area (Å²) >= 11 is 0. The van der Waals surface area contributed by atoms with Gasteiger partial charge in [0.2, 0.25) is 0 Å².